The first-order valence-corrected chi connectivity index (χ1v) is 6.58. The Bertz CT molecular complexity index is 429. The maximum absolute atomic E-state index is 11.5. The van der Waals surface area contributed by atoms with E-state index < -0.39 is 6.04 Å². The van der Waals surface area contributed by atoms with Gasteiger partial charge in [-0.15, -0.1) is 0 Å². The molecule has 1 rings (SSSR count). The van der Waals surface area contributed by atoms with Crippen LogP contribution in [0, 0.1) is 0 Å². The normalized spacial score (nSPS) is 12.3. The molecule has 106 valence electrons. The molecule has 0 amide bonds. The van der Waals surface area contributed by atoms with Crippen molar-refractivity contribution in [3.8, 4) is 5.75 Å². The molecule has 4 nitrogen and oxygen atoms in total. The van der Waals surface area contributed by atoms with Crippen LogP contribution in [0.3, 0.4) is 0 Å². The van der Waals surface area contributed by atoms with Gasteiger partial charge in [-0.1, -0.05) is 26.0 Å². The fraction of sp³-hybridized carbons (Fsp3) is 0.533. The number of hydrogen-bond donors (Lipinski definition) is 1. The van der Waals surface area contributed by atoms with E-state index in [2.05, 4.69) is 13.8 Å². The summed E-state index contributed by atoms with van der Waals surface area (Å²) in [5.74, 6) is 0.824. The second-order valence-corrected chi connectivity index (χ2v) is 4.79. The summed E-state index contributed by atoms with van der Waals surface area (Å²) in [6, 6.07) is 5.35. The number of hydrogen-bond acceptors (Lipinski definition) is 4. The van der Waals surface area contributed by atoms with Gasteiger partial charge in [0, 0.05) is 6.42 Å². The Hall–Kier alpha value is -1.55. The lowest BCUT2D eigenvalue weighted by atomic mass is 9.98. The Morgan fingerprint density at radius 3 is 2.58 bits per heavy atom. The molecule has 0 spiro atoms. The van der Waals surface area contributed by atoms with Gasteiger partial charge in [0.05, 0.1) is 13.7 Å². The molecular weight excluding hydrogens is 242 g/mol. The standard InChI is InChI=1S/C15H23NO3/c1-5-19-15(17)13(16)8-12-7-6-11(10(2)3)9-14(12)18-4/h6-7,9-10,13H,5,8,16H2,1-4H3. The molecule has 0 aliphatic rings. The molecule has 1 aromatic rings. The van der Waals surface area contributed by atoms with Crippen molar-refractivity contribution in [3.63, 3.8) is 0 Å². The third kappa shape index (κ3) is 4.24. The minimum absolute atomic E-state index is 0.343. The molecule has 1 atom stereocenters. The Morgan fingerprint density at radius 2 is 2.05 bits per heavy atom. The quantitative estimate of drug-likeness (QED) is 0.801. The molecule has 0 bridgehead atoms. The smallest absolute Gasteiger partial charge is 0.323 e. The van der Waals surface area contributed by atoms with Gasteiger partial charge in [0.2, 0.25) is 0 Å². The minimum Gasteiger partial charge on any atom is -0.496 e. The van der Waals surface area contributed by atoms with Crippen LogP contribution in [0.25, 0.3) is 0 Å². The molecule has 2 N–H and O–H groups in total. The number of methoxy groups -OCH3 is 1. The first-order chi connectivity index (χ1) is 8.99. The van der Waals surface area contributed by atoms with E-state index in [1.165, 1.54) is 5.56 Å². The summed E-state index contributed by atoms with van der Waals surface area (Å²) in [5.41, 5.74) is 7.95. The van der Waals surface area contributed by atoms with Crippen LogP contribution in [0.15, 0.2) is 18.2 Å². The predicted molar refractivity (Wildman–Crippen MR) is 75.4 cm³/mol. The topological polar surface area (TPSA) is 61.5 Å². The largest absolute Gasteiger partial charge is 0.496 e. The van der Waals surface area contributed by atoms with Gasteiger partial charge < -0.3 is 15.2 Å². The van der Waals surface area contributed by atoms with E-state index in [4.69, 9.17) is 15.2 Å². The lowest BCUT2D eigenvalue weighted by Gasteiger charge is -2.15. The molecule has 0 aliphatic carbocycles. The number of carbonyl (C=O) groups excluding carboxylic acids is 1. The Morgan fingerprint density at radius 1 is 1.37 bits per heavy atom. The highest BCUT2D eigenvalue weighted by molar-refractivity contribution is 5.76. The van der Waals surface area contributed by atoms with Crippen molar-refractivity contribution in [2.24, 2.45) is 5.73 Å². The molecule has 0 saturated carbocycles. The van der Waals surface area contributed by atoms with Crippen LogP contribution in [0.4, 0.5) is 0 Å². The van der Waals surface area contributed by atoms with Crippen LogP contribution in [0.5, 0.6) is 5.75 Å². The van der Waals surface area contributed by atoms with Crippen LogP contribution in [-0.4, -0.2) is 25.7 Å². The zero-order valence-corrected chi connectivity index (χ0v) is 12.1. The zero-order chi connectivity index (χ0) is 14.4. The molecule has 1 unspecified atom stereocenters. The maximum atomic E-state index is 11.5. The zero-order valence-electron chi connectivity index (χ0n) is 12.1. The highest BCUT2D eigenvalue weighted by Crippen LogP contribution is 2.25. The van der Waals surface area contributed by atoms with E-state index >= 15 is 0 Å². The summed E-state index contributed by atoms with van der Waals surface area (Å²) >= 11 is 0. The summed E-state index contributed by atoms with van der Waals surface area (Å²) < 4.78 is 10.3. The lowest BCUT2D eigenvalue weighted by molar-refractivity contribution is -0.144. The molecule has 0 aliphatic heterocycles. The second kappa shape index (κ2) is 7.14. The fourth-order valence-electron chi connectivity index (χ4n) is 1.86. The van der Waals surface area contributed by atoms with Crippen molar-refractivity contribution in [1.82, 2.24) is 0 Å². The SMILES string of the molecule is CCOC(=O)C(N)Cc1ccc(C(C)C)cc1OC. The molecular formula is C15H23NO3. The van der Waals surface area contributed by atoms with Crippen molar-refractivity contribution < 1.29 is 14.3 Å². The minimum atomic E-state index is -0.654. The fourth-order valence-corrected chi connectivity index (χ4v) is 1.86. The number of ether oxygens (including phenoxy) is 2. The summed E-state index contributed by atoms with van der Waals surface area (Å²) in [4.78, 5) is 11.5. The van der Waals surface area contributed by atoms with Gasteiger partial charge in [-0.25, -0.2) is 0 Å². The maximum Gasteiger partial charge on any atom is 0.323 e. The average Bonchev–Trinajstić information content (AvgIpc) is 2.39. The summed E-state index contributed by atoms with van der Waals surface area (Å²) in [5, 5.41) is 0. The van der Waals surface area contributed by atoms with Gasteiger partial charge in [-0.05, 0) is 30.0 Å². The van der Waals surface area contributed by atoms with Gasteiger partial charge >= 0.3 is 5.97 Å². The summed E-state index contributed by atoms with van der Waals surface area (Å²) in [6.45, 7) is 6.36. The lowest BCUT2D eigenvalue weighted by Crippen LogP contribution is -2.34. The highest BCUT2D eigenvalue weighted by atomic mass is 16.5. The van der Waals surface area contributed by atoms with E-state index in [1.807, 2.05) is 18.2 Å². The van der Waals surface area contributed by atoms with Crippen molar-refractivity contribution in [2.45, 2.75) is 39.2 Å². The van der Waals surface area contributed by atoms with Crippen LogP contribution in [0.2, 0.25) is 0 Å². The predicted octanol–water partition coefficient (Wildman–Crippen LogP) is 2.25. The van der Waals surface area contributed by atoms with Crippen molar-refractivity contribution >= 4 is 5.97 Å². The van der Waals surface area contributed by atoms with Crippen LogP contribution in [0.1, 0.15) is 37.8 Å². The van der Waals surface area contributed by atoms with E-state index in [-0.39, 0.29) is 5.97 Å². The third-order valence-corrected chi connectivity index (χ3v) is 3.01. The van der Waals surface area contributed by atoms with Crippen molar-refractivity contribution in [1.29, 1.82) is 0 Å². The number of esters is 1. The Labute approximate surface area is 114 Å². The number of benzene rings is 1. The molecule has 4 heteroatoms. The molecule has 0 radical (unpaired) electrons. The third-order valence-electron chi connectivity index (χ3n) is 3.01. The summed E-state index contributed by atoms with van der Waals surface area (Å²) in [7, 11) is 1.62. The highest BCUT2D eigenvalue weighted by Gasteiger charge is 2.17. The van der Waals surface area contributed by atoms with Gasteiger partial charge in [-0.3, -0.25) is 4.79 Å². The Kier molecular flexibility index (Phi) is 5.83. The number of nitrogens with two attached hydrogens (primary N) is 1. The van der Waals surface area contributed by atoms with Crippen LogP contribution in [-0.2, 0) is 16.0 Å². The van der Waals surface area contributed by atoms with E-state index in [0.29, 0.717) is 18.9 Å². The first kappa shape index (κ1) is 15.5. The van der Waals surface area contributed by atoms with Gasteiger partial charge in [0.15, 0.2) is 0 Å². The van der Waals surface area contributed by atoms with Crippen molar-refractivity contribution in [2.75, 3.05) is 13.7 Å². The molecule has 19 heavy (non-hydrogen) atoms. The van der Waals surface area contributed by atoms with E-state index in [9.17, 15) is 4.79 Å². The molecule has 0 aromatic heterocycles. The van der Waals surface area contributed by atoms with Gasteiger partial charge in [-0.2, -0.15) is 0 Å². The van der Waals surface area contributed by atoms with Gasteiger partial charge in [0.25, 0.3) is 0 Å². The molecule has 0 heterocycles. The Balaban J connectivity index is 2.86. The second-order valence-electron chi connectivity index (χ2n) is 4.79. The monoisotopic (exact) mass is 265 g/mol. The molecule has 1 aromatic carbocycles. The first-order valence-electron chi connectivity index (χ1n) is 6.58. The number of carbonyl (C=O) groups is 1. The van der Waals surface area contributed by atoms with Crippen LogP contribution < -0.4 is 10.5 Å². The number of rotatable bonds is 6. The van der Waals surface area contributed by atoms with E-state index in [1.54, 1.807) is 14.0 Å². The summed E-state index contributed by atoms with van der Waals surface area (Å²) in [6.07, 6.45) is 0.417. The van der Waals surface area contributed by atoms with Gasteiger partial charge in [0.1, 0.15) is 11.8 Å². The average molecular weight is 265 g/mol. The molecule has 0 fully saturated rings. The van der Waals surface area contributed by atoms with E-state index in [0.717, 1.165) is 11.3 Å². The molecule has 0 saturated heterocycles. The van der Waals surface area contributed by atoms with Crippen LogP contribution >= 0.6 is 0 Å². The van der Waals surface area contributed by atoms with Crippen molar-refractivity contribution in [3.05, 3.63) is 29.3 Å².